The lowest BCUT2D eigenvalue weighted by Crippen LogP contribution is -2.04. The minimum absolute atomic E-state index is 0.313. The molecule has 0 saturated carbocycles. The number of halogens is 2. The number of aryl methyl sites for hydroxylation is 1. The maximum atomic E-state index is 6.11. The molecule has 0 amide bonds. The lowest BCUT2D eigenvalue weighted by atomic mass is 10.2. The summed E-state index contributed by atoms with van der Waals surface area (Å²) in [4.78, 5) is 8.88. The fourth-order valence-electron chi connectivity index (χ4n) is 2.37. The minimum atomic E-state index is 0.313. The highest BCUT2D eigenvalue weighted by molar-refractivity contribution is 7.08. The van der Waals surface area contributed by atoms with Crippen LogP contribution in [0.3, 0.4) is 0 Å². The van der Waals surface area contributed by atoms with E-state index in [0.717, 1.165) is 11.1 Å². The van der Waals surface area contributed by atoms with Crippen molar-refractivity contribution in [2.75, 3.05) is 0 Å². The van der Waals surface area contributed by atoms with Crippen molar-refractivity contribution in [3.63, 3.8) is 0 Å². The Morgan fingerprint density at radius 1 is 1.12 bits per heavy atom. The summed E-state index contributed by atoms with van der Waals surface area (Å²) in [5.41, 5.74) is 1.74. The largest absolute Gasteiger partial charge is 0.337 e. The Morgan fingerprint density at radius 3 is 2.76 bits per heavy atom. The van der Waals surface area contributed by atoms with Gasteiger partial charge in [0.2, 0.25) is 11.7 Å². The number of hydrogen-bond donors (Lipinski definition) is 0. The summed E-state index contributed by atoms with van der Waals surface area (Å²) in [5.74, 6) is 2.31. The minimum Gasteiger partial charge on any atom is -0.337 e. The van der Waals surface area contributed by atoms with Crippen molar-refractivity contribution in [3.05, 3.63) is 56.8 Å². The molecule has 4 rings (SSSR count). The summed E-state index contributed by atoms with van der Waals surface area (Å²) in [6, 6.07) is 7.28. The average Bonchev–Trinajstić information content (AvgIpc) is 3.31. The van der Waals surface area contributed by atoms with Crippen molar-refractivity contribution in [2.45, 2.75) is 13.5 Å². The first-order valence-electron chi connectivity index (χ1n) is 7.32. The van der Waals surface area contributed by atoms with E-state index in [2.05, 4.69) is 20.2 Å². The van der Waals surface area contributed by atoms with Gasteiger partial charge in [0, 0.05) is 16.5 Å². The third kappa shape index (κ3) is 3.30. The molecule has 25 heavy (non-hydrogen) atoms. The van der Waals surface area contributed by atoms with Crippen molar-refractivity contribution in [2.24, 2.45) is 0 Å². The number of nitrogens with zero attached hydrogens (tertiary/aromatic N) is 5. The van der Waals surface area contributed by atoms with Crippen LogP contribution in [0, 0.1) is 6.92 Å². The van der Waals surface area contributed by atoms with E-state index in [0.29, 0.717) is 40.0 Å². The Bertz CT molecular complexity index is 1030. The lowest BCUT2D eigenvalue weighted by Gasteiger charge is -2.04. The highest BCUT2D eigenvalue weighted by Gasteiger charge is 2.15. The van der Waals surface area contributed by atoms with Gasteiger partial charge in [-0.15, -0.1) is 0 Å². The highest BCUT2D eigenvalue weighted by Crippen LogP contribution is 2.28. The van der Waals surface area contributed by atoms with Crippen molar-refractivity contribution in [1.82, 2.24) is 24.9 Å². The van der Waals surface area contributed by atoms with E-state index in [-0.39, 0.29) is 0 Å². The van der Waals surface area contributed by atoms with Gasteiger partial charge in [-0.25, -0.2) is 9.67 Å². The smallest absolute Gasteiger partial charge is 0.248 e. The molecular formula is C16H11Cl2N5OS. The molecule has 126 valence electrons. The molecule has 0 radical (unpaired) electrons. The van der Waals surface area contributed by atoms with Crippen LogP contribution in [-0.4, -0.2) is 24.9 Å². The summed E-state index contributed by atoms with van der Waals surface area (Å²) in [6.45, 7) is 2.13. The van der Waals surface area contributed by atoms with Crippen LogP contribution in [0.2, 0.25) is 10.0 Å². The zero-order valence-corrected chi connectivity index (χ0v) is 15.3. The van der Waals surface area contributed by atoms with Gasteiger partial charge in [-0.1, -0.05) is 28.4 Å². The molecule has 0 spiro atoms. The normalized spacial score (nSPS) is 11.2. The van der Waals surface area contributed by atoms with Gasteiger partial charge in [0.25, 0.3) is 0 Å². The summed E-state index contributed by atoms with van der Waals surface area (Å²) in [7, 11) is 0. The summed E-state index contributed by atoms with van der Waals surface area (Å²) < 4.78 is 7.05. The SMILES string of the molecule is Cc1nc(-c2ccc(Cl)c(Cl)c2)n(Cc2nc(-c3ccsc3)no2)n1. The number of hydrogen-bond acceptors (Lipinski definition) is 6. The van der Waals surface area contributed by atoms with Crippen LogP contribution in [0.4, 0.5) is 0 Å². The molecule has 9 heteroatoms. The van der Waals surface area contributed by atoms with Crippen molar-refractivity contribution in [3.8, 4) is 22.8 Å². The van der Waals surface area contributed by atoms with Gasteiger partial charge in [-0.05, 0) is 36.6 Å². The van der Waals surface area contributed by atoms with Crippen LogP contribution in [0.5, 0.6) is 0 Å². The van der Waals surface area contributed by atoms with Gasteiger partial charge in [0.05, 0.1) is 10.0 Å². The predicted octanol–water partition coefficient (Wildman–Crippen LogP) is 4.72. The summed E-state index contributed by atoms with van der Waals surface area (Å²) in [5, 5.41) is 13.3. The first-order chi connectivity index (χ1) is 12.1. The zero-order valence-electron chi connectivity index (χ0n) is 13.0. The van der Waals surface area contributed by atoms with Gasteiger partial charge < -0.3 is 4.52 Å². The van der Waals surface area contributed by atoms with Crippen LogP contribution in [0.1, 0.15) is 11.7 Å². The quantitative estimate of drug-likeness (QED) is 0.503. The van der Waals surface area contributed by atoms with Crippen molar-refractivity contribution < 1.29 is 4.52 Å². The number of thiophene rings is 1. The van der Waals surface area contributed by atoms with Crippen LogP contribution < -0.4 is 0 Å². The topological polar surface area (TPSA) is 69.6 Å². The number of aromatic nitrogens is 5. The number of benzene rings is 1. The molecule has 3 aromatic heterocycles. The van der Waals surface area contributed by atoms with Crippen molar-refractivity contribution in [1.29, 1.82) is 0 Å². The molecule has 0 aliphatic rings. The molecular weight excluding hydrogens is 381 g/mol. The molecule has 4 aromatic rings. The Kier molecular flexibility index (Phi) is 4.29. The molecule has 0 N–H and O–H groups in total. The fourth-order valence-corrected chi connectivity index (χ4v) is 3.30. The molecule has 0 bridgehead atoms. The molecule has 0 saturated heterocycles. The maximum absolute atomic E-state index is 6.11. The molecule has 0 atom stereocenters. The van der Waals surface area contributed by atoms with E-state index in [1.165, 1.54) is 0 Å². The van der Waals surface area contributed by atoms with Crippen LogP contribution in [-0.2, 0) is 6.54 Å². The lowest BCUT2D eigenvalue weighted by molar-refractivity contribution is 0.366. The van der Waals surface area contributed by atoms with Crippen LogP contribution >= 0.6 is 34.5 Å². The van der Waals surface area contributed by atoms with E-state index in [1.807, 2.05) is 29.8 Å². The average molecular weight is 392 g/mol. The van der Waals surface area contributed by atoms with Gasteiger partial charge in [0.15, 0.2) is 5.82 Å². The standard InChI is InChI=1S/C16H11Cl2N5OS/c1-9-19-16(10-2-3-12(17)13(18)6-10)23(21-9)7-14-20-15(22-24-14)11-4-5-25-8-11/h2-6,8H,7H2,1H3. The summed E-state index contributed by atoms with van der Waals surface area (Å²) in [6.07, 6.45) is 0. The summed E-state index contributed by atoms with van der Waals surface area (Å²) >= 11 is 13.7. The Balaban J connectivity index is 1.66. The Hall–Kier alpha value is -2.22. The fraction of sp³-hybridized carbons (Fsp3) is 0.125. The Morgan fingerprint density at radius 2 is 2.00 bits per heavy atom. The maximum Gasteiger partial charge on any atom is 0.248 e. The van der Waals surface area contributed by atoms with Gasteiger partial charge >= 0.3 is 0 Å². The first-order valence-corrected chi connectivity index (χ1v) is 9.02. The van der Waals surface area contributed by atoms with E-state index >= 15 is 0 Å². The van der Waals surface area contributed by atoms with E-state index in [4.69, 9.17) is 27.7 Å². The second kappa shape index (κ2) is 6.59. The van der Waals surface area contributed by atoms with E-state index < -0.39 is 0 Å². The molecule has 0 aliphatic heterocycles. The van der Waals surface area contributed by atoms with Crippen LogP contribution in [0.15, 0.2) is 39.5 Å². The third-order valence-corrected chi connectivity index (χ3v) is 4.91. The molecule has 0 unspecified atom stereocenters. The highest BCUT2D eigenvalue weighted by atomic mass is 35.5. The van der Waals surface area contributed by atoms with E-state index in [9.17, 15) is 0 Å². The van der Waals surface area contributed by atoms with Crippen LogP contribution in [0.25, 0.3) is 22.8 Å². The second-order valence-electron chi connectivity index (χ2n) is 5.29. The van der Waals surface area contributed by atoms with Gasteiger partial charge in [-0.3, -0.25) is 0 Å². The van der Waals surface area contributed by atoms with Gasteiger partial charge in [-0.2, -0.15) is 21.4 Å². The molecule has 3 heterocycles. The number of rotatable bonds is 4. The van der Waals surface area contributed by atoms with Crippen molar-refractivity contribution >= 4 is 34.5 Å². The third-order valence-electron chi connectivity index (χ3n) is 3.49. The first kappa shape index (κ1) is 16.3. The second-order valence-corrected chi connectivity index (χ2v) is 6.89. The molecule has 0 fully saturated rings. The molecule has 1 aromatic carbocycles. The Labute approximate surface area is 157 Å². The molecule has 0 aliphatic carbocycles. The van der Waals surface area contributed by atoms with E-state index in [1.54, 1.807) is 28.2 Å². The van der Waals surface area contributed by atoms with Gasteiger partial charge in [0.1, 0.15) is 12.4 Å². The monoisotopic (exact) mass is 391 g/mol. The molecule has 6 nitrogen and oxygen atoms in total. The predicted molar refractivity (Wildman–Crippen MR) is 96.9 cm³/mol. The zero-order chi connectivity index (χ0) is 17.4.